The molecule has 0 aromatic carbocycles. The fourth-order valence-corrected chi connectivity index (χ4v) is 3.38. The molecule has 1 aromatic rings. The van der Waals surface area contributed by atoms with E-state index in [0.29, 0.717) is 6.04 Å². The topological polar surface area (TPSA) is 37.4 Å². The first-order valence-corrected chi connectivity index (χ1v) is 8.58. The van der Waals surface area contributed by atoms with Crippen molar-refractivity contribution in [3.05, 3.63) is 10.6 Å². The third-order valence-corrected chi connectivity index (χ3v) is 4.40. The molecule has 122 valence electrons. The Bertz CT molecular complexity index is 424. The number of nitrogens with zero attached hydrogens (tertiary/aromatic N) is 2. The van der Waals surface area contributed by atoms with E-state index in [0.717, 1.165) is 31.4 Å². The first-order chi connectivity index (χ1) is 9.79. The average molecular weight is 314 g/mol. The van der Waals surface area contributed by atoms with Gasteiger partial charge in [-0.05, 0) is 6.92 Å². The highest BCUT2D eigenvalue weighted by Gasteiger charge is 2.24. The molecule has 1 heterocycles. The lowest BCUT2D eigenvalue weighted by atomic mass is 9.91. The van der Waals surface area contributed by atoms with Gasteiger partial charge in [0.05, 0.1) is 12.3 Å². The average Bonchev–Trinajstić information content (AvgIpc) is 2.81. The first kappa shape index (κ1) is 18.4. The van der Waals surface area contributed by atoms with Crippen LogP contribution in [0.2, 0.25) is 0 Å². The molecule has 0 atom stereocenters. The maximum Gasteiger partial charge on any atom is 0.185 e. The Labute approximate surface area is 133 Å². The molecule has 0 radical (unpaired) electrons. The van der Waals surface area contributed by atoms with Crippen LogP contribution >= 0.6 is 11.3 Å². The van der Waals surface area contributed by atoms with Crippen LogP contribution in [0, 0.1) is 0 Å². The number of anilines is 1. The SMILES string of the molecule is CCN(CCOC)c1nc(C(C)(C)C)c(CNC(C)C)s1. The zero-order chi connectivity index (χ0) is 16.0. The Kier molecular flexibility index (Phi) is 7.10. The minimum Gasteiger partial charge on any atom is -0.383 e. The highest BCUT2D eigenvalue weighted by atomic mass is 32.1. The number of rotatable bonds is 8. The van der Waals surface area contributed by atoms with Crippen molar-refractivity contribution in [2.75, 3.05) is 31.7 Å². The Morgan fingerprint density at radius 2 is 2.00 bits per heavy atom. The fraction of sp³-hybridized carbons (Fsp3) is 0.812. The number of aromatic nitrogens is 1. The predicted molar refractivity (Wildman–Crippen MR) is 92.6 cm³/mol. The molecule has 0 saturated heterocycles. The Morgan fingerprint density at radius 1 is 1.33 bits per heavy atom. The number of hydrogen-bond donors (Lipinski definition) is 1. The van der Waals surface area contributed by atoms with Crippen LogP contribution in [-0.4, -0.2) is 37.8 Å². The van der Waals surface area contributed by atoms with Crippen molar-refractivity contribution in [2.45, 2.75) is 59.5 Å². The number of hydrogen-bond acceptors (Lipinski definition) is 5. The summed E-state index contributed by atoms with van der Waals surface area (Å²) >= 11 is 1.81. The zero-order valence-corrected chi connectivity index (χ0v) is 15.4. The van der Waals surface area contributed by atoms with Gasteiger partial charge in [-0.3, -0.25) is 0 Å². The monoisotopic (exact) mass is 313 g/mol. The normalized spacial score (nSPS) is 12.2. The molecule has 0 aliphatic carbocycles. The molecule has 0 fully saturated rings. The van der Waals surface area contributed by atoms with Gasteiger partial charge in [-0.15, -0.1) is 11.3 Å². The lowest BCUT2D eigenvalue weighted by Crippen LogP contribution is -2.27. The van der Waals surface area contributed by atoms with Crippen LogP contribution in [0.5, 0.6) is 0 Å². The van der Waals surface area contributed by atoms with E-state index in [1.807, 2.05) is 11.3 Å². The lowest BCUT2D eigenvalue weighted by molar-refractivity contribution is 0.205. The molecule has 21 heavy (non-hydrogen) atoms. The van der Waals surface area contributed by atoms with Crippen LogP contribution in [0.25, 0.3) is 0 Å². The summed E-state index contributed by atoms with van der Waals surface area (Å²) in [4.78, 5) is 8.58. The minimum atomic E-state index is 0.0728. The van der Waals surface area contributed by atoms with Crippen molar-refractivity contribution in [3.8, 4) is 0 Å². The van der Waals surface area contributed by atoms with Gasteiger partial charge in [0.1, 0.15) is 0 Å². The molecule has 1 aromatic heterocycles. The van der Waals surface area contributed by atoms with Gasteiger partial charge in [-0.2, -0.15) is 0 Å². The van der Waals surface area contributed by atoms with E-state index in [1.54, 1.807) is 7.11 Å². The van der Waals surface area contributed by atoms with Crippen LogP contribution in [0.1, 0.15) is 52.1 Å². The van der Waals surface area contributed by atoms with Crippen molar-refractivity contribution < 1.29 is 4.74 Å². The van der Waals surface area contributed by atoms with Gasteiger partial charge < -0.3 is 15.0 Å². The van der Waals surface area contributed by atoms with E-state index >= 15 is 0 Å². The highest BCUT2D eigenvalue weighted by molar-refractivity contribution is 7.15. The second-order valence-corrected chi connectivity index (χ2v) is 7.69. The van der Waals surface area contributed by atoms with E-state index in [1.165, 1.54) is 10.6 Å². The molecule has 0 aliphatic heterocycles. The standard InChI is InChI=1S/C16H31N3OS/c1-8-19(9-10-20-7)15-18-14(16(4,5)6)13(21-15)11-17-12(2)3/h12,17H,8-11H2,1-7H3. The van der Waals surface area contributed by atoms with Crippen LogP contribution in [0.4, 0.5) is 5.13 Å². The maximum atomic E-state index is 5.20. The second kappa shape index (κ2) is 8.11. The van der Waals surface area contributed by atoms with Crippen molar-refractivity contribution >= 4 is 16.5 Å². The molecule has 0 spiro atoms. The summed E-state index contributed by atoms with van der Waals surface area (Å²) in [6, 6.07) is 0.485. The van der Waals surface area contributed by atoms with Gasteiger partial charge in [-0.25, -0.2) is 4.98 Å². The summed E-state index contributed by atoms with van der Waals surface area (Å²) in [6.07, 6.45) is 0. The van der Waals surface area contributed by atoms with E-state index in [-0.39, 0.29) is 5.41 Å². The number of likely N-dealkylation sites (N-methyl/N-ethyl adjacent to an activating group) is 1. The molecule has 4 nitrogen and oxygen atoms in total. The molecule has 0 amide bonds. The molecule has 1 N–H and O–H groups in total. The summed E-state index contributed by atoms with van der Waals surface area (Å²) in [5, 5.41) is 4.63. The third kappa shape index (κ3) is 5.57. The van der Waals surface area contributed by atoms with Crippen molar-refractivity contribution in [2.24, 2.45) is 0 Å². The number of methoxy groups -OCH3 is 1. The summed E-state index contributed by atoms with van der Waals surface area (Å²) in [5.41, 5.74) is 1.29. The Hall–Kier alpha value is -0.650. The van der Waals surface area contributed by atoms with Crippen LogP contribution in [0.3, 0.4) is 0 Å². The maximum absolute atomic E-state index is 5.20. The molecular formula is C16H31N3OS. The van der Waals surface area contributed by atoms with Gasteiger partial charge in [0, 0.05) is 43.1 Å². The number of nitrogens with one attached hydrogen (secondary N) is 1. The molecule has 1 rings (SSSR count). The molecule has 0 unspecified atom stereocenters. The smallest absolute Gasteiger partial charge is 0.185 e. The Balaban J connectivity index is 3.00. The highest BCUT2D eigenvalue weighted by Crippen LogP contribution is 2.33. The van der Waals surface area contributed by atoms with Crippen LogP contribution in [-0.2, 0) is 16.7 Å². The van der Waals surface area contributed by atoms with Gasteiger partial charge in [0.25, 0.3) is 0 Å². The largest absolute Gasteiger partial charge is 0.383 e. The van der Waals surface area contributed by atoms with E-state index in [2.05, 4.69) is 51.8 Å². The first-order valence-electron chi connectivity index (χ1n) is 7.77. The van der Waals surface area contributed by atoms with Crippen LogP contribution < -0.4 is 10.2 Å². The van der Waals surface area contributed by atoms with Gasteiger partial charge in [0.2, 0.25) is 0 Å². The molecule has 0 aliphatic rings. The van der Waals surface area contributed by atoms with E-state index < -0.39 is 0 Å². The Morgan fingerprint density at radius 3 is 2.48 bits per heavy atom. The quantitative estimate of drug-likeness (QED) is 0.798. The van der Waals surface area contributed by atoms with Crippen LogP contribution in [0.15, 0.2) is 0 Å². The van der Waals surface area contributed by atoms with E-state index in [4.69, 9.17) is 9.72 Å². The summed E-state index contributed by atoms with van der Waals surface area (Å²) in [6.45, 7) is 16.7. The summed E-state index contributed by atoms with van der Waals surface area (Å²) in [7, 11) is 1.74. The lowest BCUT2D eigenvalue weighted by Gasteiger charge is -2.20. The zero-order valence-electron chi connectivity index (χ0n) is 14.6. The van der Waals surface area contributed by atoms with E-state index in [9.17, 15) is 0 Å². The van der Waals surface area contributed by atoms with Gasteiger partial charge in [-0.1, -0.05) is 34.6 Å². The minimum absolute atomic E-state index is 0.0728. The number of ether oxygens (including phenoxy) is 1. The van der Waals surface area contributed by atoms with Crippen molar-refractivity contribution in [1.82, 2.24) is 10.3 Å². The van der Waals surface area contributed by atoms with Gasteiger partial charge in [0.15, 0.2) is 5.13 Å². The molecular weight excluding hydrogens is 282 g/mol. The molecule has 5 heteroatoms. The van der Waals surface area contributed by atoms with Crippen molar-refractivity contribution in [3.63, 3.8) is 0 Å². The predicted octanol–water partition coefficient (Wildman–Crippen LogP) is 3.41. The summed E-state index contributed by atoms with van der Waals surface area (Å²) in [5.74, 6) is 0. The summed E-state index contributed by atoms with van der Waals surface area (Å²) < 4.78 is 5.20. The molecule has 0 saturated carbocycles. The third-order valence-electron chi connectivity index (χ3n) is 3.28. The molecule has 0 bridgehead atoms. The van der Waals surface area contributed by atoms with Gasteiger partial charge >= 0.3 is 0 Å². The van der Waals surface area contributed by atoms with Crippen molar-refractivity contribution in [1.29, 1.82) is 0 Å². The number of thiazole rings is 1. The second-order valence-electron chi connectivity index (χ2n) is 6.63. The fourth-order valence-electron chi connectivity index (χ4n) is 2.07.